The lowest BCUT2D eigenvalue weighted by Crippen LogP contribution is -1.81. The number of nitrogens with zero attached hydrogens (tertiary/aromatic N) is 1. The molecule has 0 bridgehead atoms. The van der Waals surface area contributed by atoms with Gasteiger partial charge in [0, 0.05) is 16.8 Å². The highest BCUT2D eigenvalue weighted by Gasteiger charge is 2.01. The fourth-order valence-corrected chi connectivity index (χ4v) is 1.84. The summed E-state index contributed by atoms with van der Waals surface area (Å²) in [4.78, 5) is 4.16. The molecule has 0 aliphatic heterocycles. The summed E-state index contributed by atoms with van der Waals surface area (Å²) in [5, 5.41) is 0.744. The van der Waals surface area contributed by atoms with Crippen molar-refractivity contribution in [3.63, 3.8) is 0 Å². The zero-order chi connectivity index (χ0) is 9.97. The predicted molar refractivity (Wildman–Crippen MR) is 62.4 cm³/mol. The van der Waals surface area contributed by atoms with Crippen LogP contribution in [0.4, 0.5) is 0 Å². The molecule has 1 aromatic heterocycles. The molecule has 0 aliphatic carbocycles. The van der Waals surface area contributed by atoms with Crippen molar-refractivity contribution in [3.8, 4) is 11.1 Å². The molecule has 1 nitrogen and oxygen atoms in total. The van der Waals surface area contributed by atoms with E-state index < -0.39 is 0 Å². The maximum atomic E-state index is 5.81. The van der Waals surface area contributed by atoms with E-state index in [4.69, 9.17) is 11.6 Å². The first-order valence-corrected chi connectivity index (χ1v) is 5.31. The van der Waals surface area contributed by atoms with Crippen LogP contribution in [0, 0.1) is 0 Å². The van der Waals surface area contributed by atoms with E-state index in [2.05, 4.69) is 20.9 Å². The molecule has 0 radical (unpaired) electrons. The SMILES string of the molecule is Clc1ccc(-c2cccnc2Br)cc1. The molecule has 3 heteroatoms. The van der Waals surface area contributed by atoms with Gasteiger partial charge < -0.3 is 0 Å². The zero-order valence-electron chi connectivity index (χ0n) is 7.24. The Bertz CT molecular complexity index is 439. The molecule has 2 aromatic rings. The first-order chi connectivity index (χ1) is 6.77. The van der Waals surface area contributed by atoms with E-state index in [1.165, 1.54) is 0 Å². The predicted octanol–water partition coefficient (Wildman–Crippen LogP) is 4.16. The van der Waals surface area contributed by atoms with Crippen LogP contribution < -0.4 is 0 Å². The van der Waals surface area contributed by atoms with E-state index in [-0.39, 0.29) is 0 Å². The lowest BCUT2D eigenvalue weighted by molar-refractivity contribution is 1.28. The second kappa shape index (κ2) is 4.11. The van der Waals surface area contributed by atoms with Gasteiger partial charge in [-0.1, -0.05) is 29.8 Å². The van der Waals surface area contributed by atoms with Gasteiger partial charge in [0.2, 0.25) is 0 Å². The third kappa shape index (κ3) is 1.97. The third-order valence-electron chi connectivity index (χ3n) is 1.91. The molecular formula is C11H7BrClN. The summed E-state index contributed by atoms with van der Waals surface area (Å²) >= 11 is 9.22. The maximum absolute atomic E-state index is 5.81. The minimum atomic E-state index is 0.744. The normalized spacial score (nSPS) is 10.1. The maximum Gasteiger partial charge on any atom is 0.113 e. The molecule has 1 aromatic carbocycles. The van der Waals surface area contributed by atoms with Crippen molar-refractivity contribution in [2.24, 2.45) is 0 Å². The minimum absolute atomic E-state index is 0.744. The van der Waals surface area contributed by atoms with E-state index in [1.807, 2.05) is 36.4 Å². The molecule has 0 spiro atoms. The number of rotatable bonds is 1. The van der Waals surface area contributed by atoms with Gasteiger partial charge in [0.05, 0.1) is 0 Å². The molecule has 0 amide bonds. The van der Waals surface area contributed by atoms with Gasteiger partial charge in [-0.3, -0.25) is 0 Å². The molecular weight excluding hydrogens is 261 g/mol. The van der Waals surface area contributed by atoms with Crippen LogP contribution in [0.15, 0.2) is 47.2 Å². The molecule has 0 atom stereocenters. The fourth-order valence-electron chi connectivity index (χ4n) is 1.23. The van der Waals surface area contributed by atoms with Crippen molar-refractivity contribution < 1.29 is 0 Å². The Hall–Kier alpha value is -0.860. The number of hydrogen-bond donors (Lipinski definition) is 0. The molecule has 0 saturated carbocycles. The average molecular weight is 269 g/mol. The van der Waals surface area contributed by atoms with Crippen LogP contribution >= 0.6 is 27.5 Å². The third-order valence-corrected chi connectivity index (χ3v) is 2.80. The lowest BCUT2D eigenvalue weighted by atomic mass is 10.1. The highest BCUT2D eigenvalue weighted by Crippen LogP contribution is 2.26. The van der Waals surface area contributed by atoms with Crippen LogP contribution in [0.1, 0.15) is 0 Å². The van der Waals surface area contributed by atoms with Crippen LogP contribution in [0.3, 0.4) is 0 Å². The Morgan fingerprint density at radius 1 is 1.07 bits per heavy atom. The zero-order valence-corrected chi connectivity index (χ0v) is 9.59. The Morgan fingerprint density at radius 2 is 1.79 bits per heavy atom. The fraction of sp³-hybridized carbons (Fsp3) is 0. The number of aromatic nitrogens is 1. The van der Waals surface area contributed by atoms with Crippen LogP contribution in [0.25, 0.3) is 11.1 Å². The van der Waals surface area contributed by atoms with Gasteiger partial charge in [0.25, 0.3) is 0 Å². The van der Waals surface area contributed by atoms with E-state index in [0.29, 0.717) is 0 Å². The van der Waals surface area contributed by atoms with E-state index in [1.54, 1.807) is 6.20 Å². The van der Waals surface area contributed by atoms with Crippen LogP contribution in [0.5, 0.6) is 0 Å². The smallest absolute Gasteiger partial charge is 0.113 e. The largest absolute Gasteiger partial charge is 0.249 e. The number of hydrogen-bond acceptors (Lipinski definition) is 1. The summed E-state index contributed by atoms with van der Waals surface area (Å²) in [7, 11) is 0. The van der Waals surface area contributed by atoms with Crippen LogP contribution in [0.2, 0.25) is 5.02 Å². The van der Waals surface area contributed by atoms with Crippen LogP contribution in [-0.2, 0) is 0 Å². The van der Waals surface area contributed by atoms with E-state index in [9.17, 15) is 0 Å². The standard InChI is InChI=1S/C11H7BrClN/c12-11-10(2-1-7-14-11)8-3-5-9(13)6-4-8/h1-7H. The first kappa shape index (κ1) is 9.69. The molecule has 0 aliphatic rings. The molecule has 1 heterocycles. The molecule has 0 unspecified atom stereocenters. The molecule has 0 saturated heterocycles. The van der Waals surface area contributed by atoms with Gasteiger partial charge in [-0.05, 0) is 39.7 Å². The van der Waals surface area contributed by atoms with Gasteiger partial charge in [-0.15, -0.1) is 0 Å². The first-order valence-electron chi connectivity index (χ1n) is 4.14. The summed E-state index contributed by atoms with van der Waals surface area (Å²) in [5.41, 5.74) is 2.18. The average Bonchev–Trinajstić information content (AvgIpc) is 2.20. The Morgan fingerprint density at radius 3 is 2.43 bits per heavy atom. The highest BCUT2D eigenvalue weighted by molar-refractivity contribution is 9.10. The second-order valence-corrected chi connectivity index (χ2v) is 4.04. The van der Waals surface area contributed by atoms with Crippen molar-refractivity contribution >= 4 is 27.5 Å². The summed E-state index contributed by atoms with van der Waals surface area (Å²) < 4.78 is 0.849. The monoisotopic (exact) mass is 267 g/mol. The van der Waals surface area contributed by atoms with Gasteiger partial charge in [-0.25, -0.2) is 4.98 Å². The summed E-state index contributed by atoms with van der Waals surface area (Å²) in [5.74, 6) is 0. The topological polar surface area (TPSA) is 12.9 Å². The van der Waals surface area contributed by atoms with Gasteiger partial charge in [0.1, 0.15) is 4.60 Å². The van der Waals surface area contributed by atoms with Crippen molar-refractivity contribution in [2.45, 2.75) is 0 Å². The Kier molecular flexibility index (Phi) is 2.85. The number of benzene rings is 1. The Balaban J connectivity index is 2.50. The van der Waals surface area contributed by atoms with Gasteiger partial charge in [0.15, 0.2) is 0 Å². The van der Waals surface area contributed by atoms with Crippen molar-refractivity contribution in [2.75, 3.05) is 0 Å². The van der Waals surface area contributed by atoms with Crippen molar-refractivity contribution in [1.29, 1.82) is 0 Å². The number of halogens is 2. The van der Waals surface area contributed by atoms with Crippen molar-refractivity contribution in [3.05, 3.63) is 52.2 Å². The molecule has 14 heavy (non-hydrogen) atoms. The summed E-state index contributed by atoms with van der Waals surface area (Å²) in [6, 6.07) is 11.6. The van der Waals surface area contributed by atoms with Gasteiger partial charge in [-0.2, -0.15) is 0 Å². The minimum Gasteiger partial charge on any atom is -0.249 e. The molecule has 70 valence electrons. The molecule has 2 rings (SSSR count). The lowest BCUT2D eigenvalue weighted by Gasteiger charge is -2.02. The van der Waals surface area contributed by atoms with E-state index in [0.717, 1.165) is 20.8 Å². The highest BCUT2D eigenvalue weighted by atomic mass is 79.9. The summed E-state index contributed by atoms with van der Waals surface area (Å²) in [6.07, 6.45) is 1.75. The second-order valence-electron chi connectivity index (χ2n) is 2.85. The molecule has 0 fully saturated rings. The van der Waals surface area contributed by atoms with Crippen LogP contribution in [-0.4, -0.2) is 4.98 Å². The Labute approximate surface area is 95.9 Å². The van der Waals surface area contributed by atoms with Crippen molar-refractivity contribution in [1.82, 2.24) is 4.98 Å². The summed E-state index contributed by atoms with van der Waals surface area (Å²) in [6.45, 7) is 0. The van der Waals surface area contributed by atoms with E-state index >= 15 is 0 Å². The van der Waals surface area contributed by atoms with Gasteiger partial charge >= 0.3 is 0 Å². The quantitative estimate of drug-likeness (QED) is 0.708. The number of pyridine rings is 1. The molecule has 0 N–H and O–H groups in total.